The molecule has 0 bridgehead atoms. The van der Waals surface area contributed by atoms with E-state index in [2.05, 4.69) is 13.8 Å². The van der Waals surface area contributed by atoms with Crippen LogP contribution in [-0.4, -0.2) is 12.5 Å². The van der Waals surface area contributed by atoms with Crippen molar-refractivity contribution in [1.82, 2.24) is 0 Å². The molecule has 0 aliphatic rings. The quantitative estimate of drug-likeness (QED) is 0.167. The summed E-state index contributed by atoms with van der Waals surface area (Å²) < 4.78 is 5.37. The van der Waals surface area contributed by atoms with Crippen LogP contribution in [0.4, 0.5) is 0 Å². The molecule has 0 saturated carbocycles. The Morgan fingerprint density at radius 3 is 1.57 bits per heavy atom. The third-order valence-corrected chi connectivity index (χ3v) is 4.72. The van der Waals surface area contributed by atoms with E-state index >= 15 is 0 Å². The van der Waals surface area contributed by atoms with Crippen molar-refractivity contribution in [3.05, 3.63) is 0 Å². The predicted molar refractivity (Wildman–Crippen MR) is 103 cm³/mol. The second-order valence-corrected chi connectivity index (χ2v) is 7.04. The van der Waals surface area contributed by atoms with Gasteiger partial charge in [0.2, 0.25) is 0 Å². The Hall–Kier alpha value is -0.530. The predicted octanol–water partition coefficient (Wildman–Crippen LogP) is 7.51. The van der Waals surface area contributed by atoms with Gasteiger partial charge >= 0.3 is 0 Å². The minimum atomic E-state index is 0.509. The molecule has 0 aromatic carbocycles. The molecular formula is C21H43NO. The maximum absolute atomic E-state index is 7.94. The van der Waals surface area contributed by atoms with Gasteiger partial charge in [0.1, 0.15) is 0 Å². The summed E-state index contributed by atoms with van der Waals surface area (Å²) in [6.07, 6.45) is 19.8. The highest BCUT2D eigenvalue weighted by molar-refractivity contribution is 5.72. The Morgan fingerprint density at radius 2 is 1.13 bits per heavy atom. The summed E-state index contributed by atoms with van der Waals surface area (Å²) in [5.41, 5.74) is 0. The van der Waals surface area contributed by atoms with Crippen molar-refractivity contribution in [2.45, 2.75) is 117 Å². The number of ether oxygens (including phenoxy) is 1. The summed E-state index contributed by atoms with van der Waals surface area (Å²) in [6, 6.07) is 0. The molecule has 0 amide bonds. The van der Waals surface area contributed by atoms with Gasteiger partial charge in [-0.2, -0.15) is 0 Å². The van der Waals surface area contributed by atoms with Crippen molar-refractivity contribution >= 4 is 5.90 Å². The molecule has 0 spiro atoms. The largest absolute Gasteiger partial charge is 0.481 e. The summed E-state index contributed by atoms with van der Waals surface area (Å²) in [5.74, 6) is 1.18. The Bertz CT molecular complexity index is 236. The molecule has 138 valence electrons. The number of unbranched alkanes of at least 4 members (excludes halogenated alkanes) is 10. The third-order valence-electron chi connectivity index (χ3n) is 4.72. The van der Waals surface area contributed by atoms with Crippen molar-refractivity contribution in [3.63, 3.8) is 0 Å². The zero-order chi connectivity index (χ0) is 17.2. The molecule has 0 aliphatic heterocycles. The number of hydrogen-bond donors (Lipinski definition) is 1. The summed E-state index contributed by atoms with van der Waals surface area (Å²) >= 11 is 0. The number of hydrogen-bond acceptors (Lipinski definition) is 2. The minimum absolute atomic E-state index is 0.509. The molecule has 2 nitrogen and oxygen atoms in total. The minimum Gasteiger partial charge on any atom is -0.481 e. The highest BCUT2D eigenvalue weighted by Gasteiger charge is 2.12. The fraction of sp³-hybridized carbons (Fsp3) is 0.952. The Labute approximate surface area is 146 Å². The molecule has 0 rings (SSSR count). The first-order chi connectivity index (χ1) is 11.2. The highest BCUT2D eigenvalue weighted by Crippen LogP contribution is 2.22. The lowest BCUT2D eigenvalue weighted by Crippen LogP contribution is -2.11. The van der Waals surface area contributed by atoms with Gasteiger partial charge in [0.15, 0.2) is 5.90 Å². The lowest BCUT2D eigenvalue weighted by molar-refractivity contribution is 0.295. The van der Waals surface area contributed by atoms with Crippen LogP contribution in [0.5, 0.6) is 0 Å². The first kappa shape index (κ1) is 22.5. The topological polar surface area (TPSA) is 33.1 Å². The fourth-order valence-corrected chi connectivity index (χ4v) is 3.27. The van der Waals surface area contributed by atoms with Crippen molar-refractivity contribution in [1.29, 1.82) is 5.41 Å². The van der Waals surface area contributed by atoms with E-state index in [1.807, 2.05) is 6.92 Å². The van der Waals surface area contributed by atoms with Crippen LogP contribution in [0.1, 0.15) is 117 Å². The standard InChI is InChI=1S/C21H43NO/c1-4-7-9-11-13-15-17-20(19-21(22)23-6-3)18-16-14-12-10-8-5-2/h20,22H,4-19H2,1-3H3. The lowest BCUT2D eigenvalue weighted by Gasteiger charge is -2.17. The molecule has 0 radical (unpaired) electrons. The lowest BCUT2D eigenvalue weighted by atomic mass is 9.91. The van der Waals surface area contributed by atoms with Crippen molar-refractivity contribution in [2.75, 3.05) is 6.61 Å². The molecule has 0 fully saturated rings. The molecule has 0 aliphatic carbocycles. The van der Waals surface area contributed by atoms with Crippen molar-refractivity contribution in [2.24, 2.45) is 5.92 Å². The van der Waals surface area contributed by atoms with Crippen LogP contribution in [0.3, 0.4) is 0 Å². The van der Waals surface area contributed by atoms with Crippen LogP contribution < -0.4 is 0 Å². The molecule has 1 N–H and O–H groups in total. The van der Waals surface area contributed by atoms with E-state index in [4.69, 9.17) is 10.1 Å². The van der Waals surface area contributed by atoms with Gasteiger partial charge in [0.25, 0.3) is 0 Å². The Kier molecular flexibility index (Phi) is 17.4. The number of rotatable bonds is 17. The van der Waals surface area contributed by atoms with Crippen LogP contribution in [0, 0.1) is 11.3 Å². The average Bonchev–Trinajstić information content (AvgIpc) is 2.53. The molecule has 23 heavy (non-hydrogen) atoms. The Balaban J connectivity index is 3.86. The smallest absolute Gasteiger partial charge is 0.180 e. The molecular weight excluding hydrogens is 282 g/mol. The van der Waals surface area contributed by atoms with Crippen LogP contribution in [0.15, 0.2) is 0 Å². The third kappa shape index (κ3) is 16.1. The summed E-state index contributed by atoms with van der Waals surface area (Å²) in [7, 11) is 0. The van der Waals surface area contributed by atoms with E-state index in [9.17, 15) is 0 Å². The average molecular weight is 326 g/mol. The molecule has 0 saturated heterocycles. The van der Waals surface area contributed by atoms with E-state index in [1.54, 1.807) is 0 Å². The van der Waals surface area contributed by atoms with Crippen LogP contribution in [0.2, 0.25) is 0 Å². The molecule has 0 heterocycles. The molecule has 0 aromatic heterocycles. The molecule has 2 heteroatoms. The molecule has 0 aromatic rings. The van der Waals surface area contributed by atoms with Gasteiger partial charge in [-0.1, -0.05) is 90.9 Å². The fourth-order valence-electron chi connectivity index (χ4n) is 3.27. The maximum Gasteiger partial charge on any atom is 0.180 e. The van der Waals surface area contributed by atoms with Crippen molar-refractivity contribution < 1.29 is 4.74 Å². The van der Waals surface area contributed by atoms with Gasteiger partial charge in [-0.25, -0.2) is 0 Å². The normalized spacial score (nSPS) is 11.1. The van der Waals surface area contributed by atoms with Crippen LogP contribution in [-0.2, 0) is 4.74 Å². The second kappa shape index (κ2) is 17.8. The Morgan fingerprint density at radius 1 is 0.696 bits per heavy atom. The van der Waals surface area contributed by atoms with Gasteiger partial charge in [-0.15, -0.1) is 0 Å². The summed E-state index contributed by atoms with van der Waals surface area (Å²) in [5, 5.41) is 7.94. The SMILES string of the molecule is CCCCCCCCC(CCCCCCCC)CC(=N)OCC. The van der Waals surface area contributed by atoms with Crippen LogP contribution >= 0.6 is 0 Å². The highest BCUT2D eigenvalue weighted by atomic mass is 16.5. The summed E-state index contributed by atoms with van der Waals surface area (Å²) in [4.78, 5) is 0. The van der Waals surface area contributed by atoms with E-state index in [0.717, 1.165) is 6.42 Å². The van der Waals surface area contributed by atoms with E-state index < -0.39 is 0 Å². The first-order valence-electron chi connectivity index (χ1n) is 10.4. The maximum atomic E-state index is 7.94. The first-order valence-corrected chi connectivity index (χ1v) is 10.4. The van der Waals surface area contributed by atoms with Gasteiger partial charge in [0, 0.05) is 6.42 Å². The summed E-state index contributed by atoms with van der Waals surface area (Å²) in [6.45, 7) is 7.16. The molecule has 0 atom stereocenters. The zero-order valence-corrected chi connectivity index (χ0v) is 16.3. The van der Waals surface area contributed by atoms with Gasteiger partial charge in [0.05, 0.1) is 6.61 Å². The van der Waals surface area contributed by atoms with Crippen molar-refractivity contribution in [3.8, 4) is 0 Å². The van der Waals surface area contributed by atoms with E-state index in [0.29, 0.717) is 18.4 Å². The van der Waals surface area contributed by atoms with Crippen LogP contribution in [0.25, 0.3) is 0 Å². The van der Waals surface area contributed by atoms with Gasteiger partial charge in [-0.05, 0) is 25.7 Å². The monoisotopic (exact) mass is 325 g/mol. The van der Waals surface area contributed by atoms with Gasteiger partial charge in [-0.3, -0.25) is 5.41 Å². The van der Waals surface area contributed by atoms with E-state index in [1.165, 1.54) is 89.9 Å². The second-order valence-electron chi connectivity index (χ2n) is 7.04. The number of nitrogens with one attached hydrogen (secondary N) is 1. The molecule has 0 unspecified atom stereocenters. The zero-order valence-electron chi connectivity index (χ0n) is 16.3. The van der Waals surface area contributed by atoms with E-state index in [-0.39, 0.29) is 0 Å². The van der Waals surface area contributed by atoms with Gasteiger partial charge < -0.3 is 4.74 Å².